The number of halogens is 1. The predicted octanol–water partition coefficient (Wildman–Crippen LogP) is 2.17. The molecule has 0 radical (unpaired) electrons. The molecule has 21 heavy (non-hydrogen) atoms. The fourth-order valence-corrected chi connectivity index (χ4v) is 1.85. The molecule has 104 valence electrons. The second-order valence-corrected chi connectivity index (χ2v) is 4.53. The Morgan fingerprint density at radius 2 is 2.14 bits per heavy atom. The molecule has 7 nitrogen and oxygen atoms in total. The van der Waals surface area contributed by atoms with Crippen molar-refractivity contribution in [1.29, 1.82) is 0 Å². The van der Waals surface area contributed by atoms with E-state index in [1.54, 1.807) is 30.3 Å². The molecule has 0 aliphatic heterocycles. The summed E-state index contributed by atoms with van der Waals surface area (Å²) in [6.07, 6.45) is 1.42. The van der Waals surface area contributed by atoms with Crippen molar-refractivity contribution >= 4 is 23.2 Å². The number of aromatic amines is 1. The molecule has 0 saturated carbocycles. The first-order valence-electron chi connectivity index (χ1n) is 5.99. The Kier molecular flexibility index (Phi) is 3.57. The number of anilines is 1. The standard InChI is InChI=1S/C13H9ClN6O/c14-11-5-4-9(7-15-11)13(21)16-10-3-1-2-8(6-10)12-17-19-20-18-12/h1-7H,(H,16,21)(H,17,18,19,20). The summed E-state index contributed by atoms with van der Waals surface area (Å²) in [6, 6.07) is 10.3. The van der Waals surface area contributed by atoms with E-state index in [1.165, 1.54) is 6.20 Å². The van der Waals surface area contributed by atoms with Gasteiger partial charge in [0.1, 0.15) is 5.15 Å². The highest BCUT2D eigenvalue weighted by Crippen LogP contribution is 2.19. The molecule has 0 spiro atoms. The highest BCUT2D eigenvalue weighted by molar-refractivity contribution is 6.29. The first-order chi connectivity index (χ1) is 10.2. The van der Waals surface area contributed by atoms with E-state index in [9.17, 15) is 4.79 Å². The van der Waals surface area contributed by atoms with Gasteiger partial charge in [-0.05, 0) is 29.5 Å². The number of carbonyl (C=O) groups excluding carboxylic acids is 1. The van der Waals surface area contributed by atoms with Crippen molar-refractivity contribution in [3.05, 3.63) is 53.3 Å². The minimum atomic E-state index is -0.274. The number of aromatic nitrogens is 5. The Labute approximate surface area is 124 Å². The SMILES string of the molecule is O=C(Nc1cccc(-c2nn[nH]n2)c1)c1ccc(Cl)nc1. The van der Waals surface area contributed by atoms with Crippen molar-refractivity contribution in [2.24, 2.45) is 0 Å². The van der Waals surface area contributed by atoms with E-state index >= 15 is 0 Å². The molecule has 2 aromatic heterocycles. The molecule has 1 amide bonds. The molecule has 0 fully saturated rings. The summed E-state index contributed by atoms with van der Waals surface area (Å²) in [5.41, 5.74) is 1.79. The number of rotatable bonds is 3. The first kappa shape index (κ1) is 13.2. The fourth-order valence-electron chi connectivity index (χ4n) is 1.73. The number of hydrogen-bond acceptors (Lipinski definition) is 5. The van der Waals surface area contributed by atoms with Crippen molar-refractivity contribution in [3.63, 3.8) is 0 Å². The van der Waals surface area contributed by atoms with Crippen LogP contribution in [0.3, 0.4) is 0 Å². The van der Waals surface area contributed by atoms with Crippen LogP contribution in [0.15, 0.2) is 42.6 Å². The largest absolute Gasteiger partial charge is 0.322 e. The monoisotopic (exact) mass is 300 g/mol. The summed E-state index contributed by atoms with van der Waals surface area (Å²) in [7, 11) is 0. The predicted molar refractivity (Wildman–Crippen MR) is 76.8 cm³/mol. The third-order valence-corrected chi connectivity index (χ3v) is 2.94. The van der Waals surface area contributed by atoms with E-state index in [2.05, 4.69) is 30.9 Å². The average Bonchev–Trinajstić information content (AvgIpc) is 3.02. The lowest BCUT2D eigenvalue weighted by atomic mass is 10.2. The van der Waals surface area contributed by atoms with Crippen LogP contribution in [0.2, 0.25) is 5.15 Å². The summed E-state index contributed by atoms with van der Waals surface area (Å²) in [6.45, 7) is 0. The van der Waals surface area contributed by atoms with Gasteiger partial charge >= 0.3 is 0 Å². The van der Waals surface area contributed by atoms with Crippen LogP contribution < -0.4 is 5.32 Å². The maximum atomic E-state index is 12.1. The molecule has 0 aliphatic carbocycles. The van der Waals surface area contributed by atoms with E-state index in [1.807, 2.05) is 6.07 Å². The highest BCUT2D eigenvalue weighted by Gasteiger charge is 2.08. The van der Waals surface area contributed by atoms with Crippen LogP contribution in [0.4, 0.5) is 5.69 Å². The Bertz CT molecular complexity index is 757. The number of amides is 1. The normalized spacial score (nSPS) is 10.3. The van der Waals surface area contributed by atoms with Crippen LogP contribution in [0.1, 0.15) is 10.4 Å². The number of nitrogens with one attached hydrogen (secondary N) is 2. The van der Waals surface area contributed by atoms with Crippen molar-refractivity contribution in [2.45, 2.75) is 0 Å². The van der Waals surface area contributed by atoms with Gasteiger partial charge in [-0.15, -0.1) is 10.2 Å². The third-order valence-electron chi connectivity index (χ3n) is 2.71. The number of H-pyrrole nitrogens is 1. The molecule has 1 aromatic carbocycles. The van der Waals surface area contributed by atoms with Gasteiger partial charge in [-0.1, -0.05) is 23.7 Å². The zero-order chi connectivity index (χ0) is 14.7. The van der Waals surface area contributed by atoms with Crippen molar-refractivity contribution in [3.8, 4) is 11.4 Å². The van der Waals surface area contributed by atoms with Gasteiger partial charge in [-0.3, -0.25) is 4.79 Å². The Morgan fingerprint density at radius 3 is 2.86 bits per heavy atom. The Balaban J connectivity index is 1.80. The summed E-state index contributed by atoms with van der Waals surface area (Å²) in [5, 5.41) is 16.8. The second kappa shape index (κ2) is 5.68. The van der Waals surface area contributed by atoms with Crippen LogP contribution in [0, 0.1) is 0 Å². The van der Waals surface area contributed by atoms with Crippen LogP contribution >= 0.6 is 11.6 Å². The summed E-state index contributed by atoms with van der Waals surface area (Å²) in [5.74, 6) is 0.184. The number of tetrazole rings is 1. The maximum absolute atomic E-state index is 12.1. The lowest BCUT2D eigenvalue weighted by Crippen LogP contribution is -2.12. The fraction of sp³-hybridized carbons (Fsp3) is 0. The van der Waals surface area contributed by atoms with Gasteiger partial charge in [-0.2, -0.15) is 5.21 Å². The summed E-state index contributed by atoms with van der Waals surface area (Å²) in [4.78, 5) is 16.0. The highest BCUT2D eigenvalue weighted by atomic mass is 35.5. The molecule has 3 rings (SSSR count). The molecule has 2 N–H and O–H groups in total. The number of pyridine rings is 1. The second-order valence-electron chi connectivity index (χ2n) is 4.14. The maximum Gasteiger partial charge on any atom is 0.257 e. The van der Waals surface area contributed by atoms with Crippen molar-refractivity contribution in [2.75, 3.05) is 5.32 Å². The van der Waals surface area contributed by atoms with Gasteiger partial charge in [0.2, 0.25) is 5.82 Å². The Hall–Kier alpha value is -2.80. The van der Waals surface area contributed by atoms with Gasteiger partial charge < -0.3 is 5.32 Å². The zero-order valence-corrected chi connectivity index (χ0v) is 11.4. The van der Waals surface area contributed by atoms with Gasteiger partial charge in [-0.25, -0.2) is 4.98 Å². The smallest absolute Gasteiger partial charge is 0.257 e. The Morgan fingerprint density at radius 1 is 1.24 bits per heavy atom. The molecule has 0 unspecified atom stereocenters. The van der Waals surface area contributed by atoms with Crippen molar-refractivity contribution < 1.29 is 4.79 Å². The first-order valence-corrected chi connectivity index (χ1v) is 6.37. The third kappa shape index (κ3) is 3.03. The van der Waals surface area contributed by atoms with Crippen LogP contribution in [0.5, 0.6) is 0 Å². The lowest BCUT2D eigenvalue weighted by molar-refractivity contribution is 0.102. The molecule has 0 bridgehead atoms. The van der Waals surface area contributed by atoms with E-state index in [0.29, 0.717) is 22.2 Å². The average molecular weight is 301 g/mol. The molecule has 2 heterocycles. The summed E-state index contributed by atoms with van der Waals surface area (Å²) >= 11 is 5.69. The molecule has 0 aliphatic rings. The van der Waals surface area contributed by atoms with E-state index in [0.717, 1.165) is 5.56 Å². The topological polar surface area (TPSA) is 96.5 Å². The van der Waals surface area contributed by atoms with Crippen LogP contribution in [0.25, 0.3) is 11.4 Å². The lowest BCUT2D eigenvalue weighted by Gasteiger charge is -2.06. The molecular formula is C13H9ClN6O. The molecule has 3 aromatic rings. The minimum Gasteiger partial charge on any atom is -0.322 e. The van der Waals surface area contributed by atoms with Gasteiger partial charge in [0, 0.05) is 17.4 Å². The zero-order valence-electron chi connectivity index (χ0n) is 10.6. The molecular weight excluding hydrogens is 292 g/mol. The molecule has 8 heteroatoms. The molecule has 0 atom stereocenters. The summed E-state index contributed by atoms with van der Waals surface area (Å²) < 4.78 is 0. The van der Waals surface area contributed by atoms with Crippen LogP contribution in [-0.2, 0) is 0 Å². The number of nitrogens with zero attached hydrogens (tertiary/aromatic N) is 4. The van der Waals surface area contributed by atoms with E-state index < -0.39 is 0 Å². The van der Waals surface area contributed by atoms with Gasteiger partial charge in [0.25, 0.3) is 5.91 Å². The number of carbonyl (C=O) groups is 1. The van der Waals surface area contributed by atoms with Crippen molar-refractivity contribution in [1.82, 2.24) is 25.6 Å². The number of benzene rings is 1. The quantitative estimate of drug-likeness (QED) is 0.723. The van der Waals surface area contributed by atoms with Gasteiger partial charge in [0.15, 0.2) is 0 Å². The van der Waals surface area contributed by atoms with E-state index in [4.69, 9.17) is 11.6 Å². The number of hydrogen-bond donors (Lipinski definition) is 2. The van der Waals surface area contributed by atoms with E-state index in [-0.39, 0.29) is 5.91 Å². The van der Waals surface area contributed by atoms with Gasteiger partial charge in [0.05, 0.1) is 5.56 Å². The minimum absolute atomic E-state index is 0.274. The molecule has 0 saturated heterocycles. The van der Waals surface area contributed by atoms with Crippen LogP contribution in [-0.4, -0.2) is 31.5 Å².